The number of carbonyl (C=O) groups excluding carboxylic acids is 2. The van der Waals surface area contributed by atoms with Crippen molar-refractivity contribution in [1.82, 2.24) is 0 Å². The Morgan fingerprint density at radius 1 is 1.14 bits per heavy atom. The molecule has 0 radical (unpaired) electrons. The molecule has 0 heterocycles. The molecule has 0 saturated heterocycles. The zero-order chi connectivity index (χ0) is 15.8. The first-order chi connectivity index (χ1) is 10.0. The molecule has 0 saturated carbocycles. The lowest BCUT2D eigenvalue weighted by molar-refractivity contribution is -0.385. The summed E-state index contributed by atoms with van der Waals surface area (Å²) in [5.74, 6) is -1.76. The molecule has 0 aromatic heterocycles. The minimum atomic E-state index is -0.880. The molecule has 21 heavy (non-hydrogen) atoms. The Bertz CT molecular complexity index is 559. The quantitative estimate of drug-likeness (QED) is 0.199. The van der Waals surface area contributed by atoms with E-state index in [4.69, 9.17) is 9.47 Å². The van der Waals surface area contributed by atoms with Gasteiger partial charge in [0.2, 0.25) is 0 Å². The lowest BCUT2D eigenvalue weighted by atomic mass is 10.1. The summed E-state index contributed by atoms with van der Waals surface area (Å²) in [5.41, 5.74) is -0.477. The maximum absolute atomic E-state index is 11.8. The number of hydrogen-bond acceptors (Lipinski definition) is 6. The van der Waals surface area contributed by atoms with Gasteiger partial charge in [-0.25, -0.2) is 9.59 Å². The molecule has 0 amide bonds. The second-order valence-electron chi connectivity index (χ2n) is 3.81. The van der Waals surface area contributed by atoms with Crippen molar-refractivity contribution in [2.45, 2.75) is 13.8 Å². The van der Waals surface area contributed by atoms with Crippen LogP contribution in [-0.2, 0) is 19.1 Å². The molecule has 0 bridgehead atoms. The number of rotatable bonds is 6. The normalized spacial score (nSPS) is 9.62. The number of hydrogen-bond donors (Lipinski definition) is 0. The van der Waals surface area contributed by atoms with Crippen molar-refractivity contribution < 1.29 is 24.0 Å². The number of nitrogens with zero attached hydrogens (tertiary/aromatic N) is 1. The highest BCUT2D eigenvalue weighted by atomic mass is 16.6. The van der Waals surface area contributed by atoms with Crippen LogP contribution in [0.3, 0.4) is 0 Å². The van der Waals surface area contributed by atoms with Crippen LogP contribution in [0.1, 0.15) is 19.4 Å². The smallest absolute Gasteiger partial charge is 0.345 e. The molecule has 1 aromatic rings. The number of carbonyl (C=O) groups is 2. The molecule has 0 spiro atoms. The van der Waals surface area contributed by atoms with Crippen LogP contribution in [0.2, 0.25) is 0 Å². The van der Waals surface area contributed by atoms with Crippen LogP contribution in [0.5, 0.6) is 0 Å². The van der Waals surface area contributed by atoms with Crippen molar-refractivity contribution in [3.63, 3.8) is 0 Å². The zero-order valence-corrected chi connectivity index (χ0v) is 11.7. The number of nitro groups is 1. The first-order valence-corrected chi connectivity index (χ1v) is 6.30. The Kier molecular flexibility index (Phi) is 6.06. The van der Waals surface area contributed by atoms with E-state index in [-0.39, 0.29) is 30.0 Å². The van der Waals surface area contributed by atoms with E-state index >= 15 is 0 Å². The highest BCUT2D eigenvalue weighted by Gasteiger charge is 2.23. The van der Waals surface area contributed by atoms with Gasteiger partial charge >= 0.3 is 11.9 Å². The number of para-hydroxylation sites is 1. The number of esters is 2. The minimum absolute atomic E-state index is 0.0759. The number of benzene rings is 1. The van der Waals surface area contributed by atoms with Crippen LogP contribution in [0.25, 0.3) is 6.08 Å². The van der Waals surface area contributed by atoms with Gasteiger partial charge in [0, 0.05) is 6.07 Å². The first kappa shape index (κ1) is 16.4. The van der Waals surface area contributed by atoms with E-state index in [0.717, 1.165) is 6.08 Å². The first-order valence-electron chi connectivity index (χ1n) is 6.30. The fourth-order valence-electron chi connectivity index (χ4n) is 1.55. The summed E-state index contributed by atoms with van der Waals surface area (Å²) in [7, 11) is 0. The van der Waals surface area contributed by atoms with Crippen LogP contribution in [0.15, 0.2) is 29.8 Å². The second kappa shape index (κ2) is 7.78. The fourth-order valence-corrected chi connectivity index (χ4v) is 1.55. The van der Waals surface area contributed by atoms with E-state index in [1.807, 2.05) is 0 Å². The maximum Gasteiger partial charge on any atom is 0.345 e. The zero-order valence-electron chi connectivity index (χ0n) is 11.7. The summed E-state index contributed by atoms with van der Waals surface area (Å²) in [6, 6.07) is 5.76. The lowest BCUT2D eigenvalue weighted by Crippen LogP contribution is -2.18. The molecule has 0 fully saturated rings. The molecule has 7 nitrogen and oxygen atoms in total. The van der Waals surface area contributed by atoms with E-state index in [2.05, 4.69) is 0 Å². The van der Waals surface area contributed by atoms with Crippen LogP contribution in [0, 0.1) is 10.1 Å². The number of ether oxygens (including phenoxy) is 2. The monoisotopic (exact) mass is 293 g/mol. The predicted octanol–water partition coefficient (Wildman–Crippen LogP) is 2.10. The number of nitro benzene ring substituents is 1. The van der Waals surface area contributed by atoms with Crippen molar-refractivity contribution in [1.29, 1.82) is 0 Å². The van der Waals surface area contributed by atoms with E-state index in [9.17, 15) is 19.7 Å². The molecule has 0 unspecified atom stereocenters. The lowest BCUT2D eigenvalue weighted by Gasteiger charge is -2.06. The highest BCUT2D eigenvalue weighted by molar-refractivity contribution is 6.17. The van der Waals surface area contributed by atoms with Gasteiger partial charge in [0.15, 0.2) is 0 Å². The third-order valence-corrected chi connectivity index (χ3v) is 2.42. The highest BCUT2D eigenvalue weighted by Crippen LogP contribution is 2.21. The Balaban J connectivity index is 3.28. The molecule has 0 N–H and O–H groups in total. The van der Waals surface area contributed by atoms with Gasteiger partial charge in [-0.1, -0.05) is 12.1 Å². The molecule has 0 aliphatic heterocycles. The van der Waals surface area contributed by atoms with Crippen molar-refractivity contribution in [3.05, 3.63) is 45.5 Å². The van der Waals surface area contributed by atoms with E-state index in [1.54, 1.807) is 19.9 Å². The van der Waals surface area contributed by atoms with E-state index < -0.39 is 16.9 Å². The van der Waals surface area contributed by atoms with Gasteiger partial charge < -0.3 is 9.47 Å². The average molecular weight is 293 g/mol. The van der Waals surface area contributed by atoms with Crippen LogP contribution >= 0.6 is 0 Å². The molecule has 0 atom stereocenters. The molecular formula is C14H15NO6. The van der Waals surface area contributed by atoms with Gasteiger partial charge in [-0.15, -0.1) is 0 Å². The molecule has 112 valence electrons. The predicted molar refractivity (Wildman–Crippen MR) is 74.3 cm³/mol. The summed E-state index contributed by atoms with van der Waals surface area (Å²) in [4.78, 5) is 33.9. The Morgan fingerprint density at radius 3 is 2.14 bits per heavy atom. The van der Waals surface area contributed by atoms with Crippen molar-refractivity contribution in [3.8, 4) is 0 Å². The van der Waals surface area contributed by atoms with Gasteiger partial charge in [0.25, 0.3) is 5.69 Å². The Morgan fingerprint density at radius 2 is 1.67 bits per heavy atom. The standard InChI is InChI=1S/C14H15NO6/c1-3-20-13(16)11(14(17)21-4-2)9-10-7-5-6-8-12(10)15(18)19/h5-9H,3-4H2,1-2H3. The molecule has 1 rings (SSSR count). The van der Waals surface area contributed by atoms with Gasteiger partial charge in [0.05, 0.1) is 23.7 Å². The summed E-state index contributed by atoms with van der Waals surface area (Å²) in [6.45, 7) is 3.33. The summed E-state index contributed by atoms with van der Waals surface area (Å²) < 4.78 is 9.53. The molecule has 1 aromatic carbocycles. The Labute approximate surface area is 121 Å². The third-order valence-electron chi connectivity index (χ3n) is 2.42. The van der Waals surface area contributed by atoms with E-state index in [0.29, 0.717) is 0 Å². The van der Waals surface area contributed by atoms with E-state index in [1.165, 1.54) is 18.2 Å². The largest absolute Gasteiger partial charge is 0.462 e. The van der Waals surface area contributed by atoms with Crippen LogP contribution in [0.4, 0.5) is 5.69 Å². The van der Waals surface area contributed by atoms with Gasteiger partial charge in [-0.05, 0) is 26.0 Å². The van der Waals surface area contributed by atoms with Crippen molar-refractivity contribution in [2.24, 2.45) is 0 Å². The van der Waals surface area contributed by atoms with Crippen LogP contribution < -0.4 is 0 Å². The van der Waals surface area contributed by atoms with Crippen molar-refractivity contribution >= 4 is 23.7 Å². The second-order valence-corrected chi connectivity index (χ2v) is 3.81. The topological polar surface area (TPSA) is 95.7 Å². The van der Waals surface area contributed by atoms with Gasteiger partial charge in [0.1, 0.15) is 5.57 Å². The fraction of sp³-hybridized carbons (Fsp3) is 0.286. The van der Waals surface area contributed by atoms with Crippen LogP contribution in [-0.4, -0.2) is 30.1 Å². The molecule has 0 aliphatic carbocycles. The maximum atomic E-state index is 11.8. The molecule has 7 heteroatoms. The minimum Gasteiger partial charge on any atom is -0.462 e. The average Bonchev–Trinajstić information content (AvgIpc) is 2.45. The van der Waals surface area contributed by atoms with Crippen molar-refractivity contribution in [2.75, 3.05) is 13.2 Å². The third kappa shape index (κ3) is 4.41. The summed E-state index contributed by atoms with van der Waals surface area (Å²) in [6.07, 6.45) is 1.11. The van der Waals surface area contributed by atoms with Gasteiger partial charge in [-0.3, -0.25) is 10.1 Å². The SMILES string of the molecule is CCOC(=O)C(=Cc1ccccc1[N+](=O)[O-])C(=O)OCC. The molecule has 0 aliphatic rings. The van der Waals surface area contributed by atoms with Gasteiger partial charge in [-0.2, -0.15) is 0 Å². The summed E-state index contributed by atoms with van der Waals surface area (Å²) in [5, 5.41) is 10.9. The summed E-state index contributed by atoms with van der Waals surface area (Å²) >= 11 is 0. The Hall–Kier alpha value is -2.70. The molecular weight excluding hydrogens is 278 g/mol.